The molecule has 1 aromatic heterocycles. The molecule has 1 fully saturated rings. The van der Waals surface area contributed by atoms with Crippen molar-refractivity contribution in [2.45, 2.75) is 44.1 Å². The summed E-state index contributed by atoms with van der Waals surface area (Å²) in [6.45, 7) is 2.54. The predicted molar refractivity (Wildman–Crippen MR) is 73.0 cm³/mol. The first kappa shape index (κ1) is 14.6. The standard InChI is InChI=1S/C13H22N2O3S/c1-10-3-2-4-11(5-10)7-15-19(17,18)13-6-12(9-16)14-8-13/h6,8,10-11,14-16H,2-5,7,9H2,1H3. The minimum absolute atomic E-state index is 0.185. The summed E-state index contributed by atoms with van der Waals surface area (Å²) in [5.74, 6) is 1.13. The smallest absolute Gasteiger partial charge is 0.242 e. The molecule has 108 valence electrons. The SMILES string of the molecule is CC1CCCC(CNS(=O)(=O)c2c[nH]c(CO)c2)C1. The molecular weight excluding hydrogens is 264 g/mol. The third-order valence-electron chi connectivity index (χ3n) is 3.80. The molecule has 1 heterocycles. The number of sulfonamides is 1. The van der Waals surface area contributed by atoms with Crippen LogP contribution in [0.4, 0.5) is 0 Å². The molecule has 6 heteroatoms. The summed E-state index contributed by atoms with van der Waals surface area (Å²) in [7, 11) is -3.46. The quantitative estimate of drug-likeness (QED) is 0.769. The number of hydrogen-bond donors (Lipinski definition) is 3. The van der Waals surface area contributed by atoms with E-state index in [4.69, 9.17) is 5.11 Å². The van der Waals surface area contributed by atoms with Crippen molar-refractivity contribution in [3.8, 4) is 0 Å². The fourth-order valence-electron chi connectivity index (χ4n) is 2.72. The Morgan fingerprint density at radius 2 is 2.26 bits per heavy atom. The normalized spacial score (nSPS) is 24.5. The van der Waals surface area contributed by atoms with Gasteiger partial charge in [0.05, 0.1) is 11.5 Å². The zero-order chi connectivity index (χ0) is 13.9. The predicted octanol–water partition coefficient (Wildman–Crippen LogP) is 1.61. The van der Waals surface area contributed by atoms with Crippen molar-refractivity contribution in [3.05, 3.63) is 18.0 Å². The molecule has 2 rings (SSSR count). The first-order chi connectivity index (χ1) is 9.01. The Kier molecular flexibility index (Phi) is 4.65. The van der Waals surface area contributed by atoms with E-state index in [9.17, 15) is 8.42 Å². The molecule has 2 atom stereocenters. The molecule has 1 aromatic rings. The van der Waals surface area contributed by atoms with Crippen LogP contribution in [0.25, 0.3) is 0 Å². The number of rotatable bonds is 5. The number of nitrogens with one attached hydrogen (secondary N) is 2. The van der Waals surface area contributed by atoms with Crippen molar-refractivity contribution < 1.29 is 13.5 Å². The van der Waals surface area contributed by atoms with Crippen molar-refractivity contribution in [2.75, 3.05) is 6.54 Å². The highest BCUT2D eigenvalue weighted by Gasteiger charge is 2.22. The number of hydrogen-bond acceptors (Lipinski definition) is 3. The molecule has 2 unspecified atom stereocenters. The van der Waals surface area contributed by atoms with E-state index < -0.39 is 10.0 Å². The maximum Gasteiger partial charge on any atom is 0.242 e. The van der Waals surface area contributed by atoms with Gasteiger partial charge in [-0.2, -0.15) is 0 Å². The second-order valence-corrected chi connectivity index (χ2v) is 7.28. The largest absolute Gasteiger partial charge is 0.390 e. The molecule has 3 N–H and O–H groups in total. The van der Waals surface area contributed by atoms with Crippen LogP contribution in [-0.2, 0) is 16.6 Å². The van der Waals surface area contributed by atoms with E-state index in [1.165, 1.54) is 25.1 Å². The van der Waals surface area contributed by atoms with Crippen LogP contribution in [0.15, 0.2) is 17.2 Å². The number of aromatic nitrogens is 1. The van der Waals surface area contributed by atoms with E-state index in [0.717, 1.165) is 12.8 Å². The molecule has 0 spiro atoms. The molecule has 1 aliphatic rings. The first-order valence-corrected chi connectivity index (χ1v) is 8.27. The van der Waals surface area contributed by atoms with E-state index in [0.29, 0.717) is 24.1 Å². The molecule has 0 aromatic carbocycles. The lowest BCUT2D eigenvalue weighted by Crippen LogP contribution is -2.31. The van der Waals surface area contributed by atoms with Gasteiger partial charge in [-0.25, -0.2) is 13.1 Å². The summed E-state index contributed by atoms with van der Waals surface area (Å²) in [4.78, 5) is 2.93. The van der Waals surface area contributed by atoms with E-state index in [1.807, 2.05) is 0 Å². The maximum absolute atomic E-state index is 12.1. The molecule has 0 aliphatic heterocycles. The minimum atomic E-state index is -3.46. The molecule has 1 aliphatic carbocycles. The Morgan fingerprint density at radius 3 is 2.89 bits per heavy atom. The molecule has 5 nitrogen and oxygen atoms in total. The van der Waals surface area contributed by atoms with Crippen LogP contribution in [0.2, 0.25) is 0 Å². The van der Waals surface area contributed by atoms with Gasteiger partial charge in [-0.05, 0) is 30.7 Å². The monoisotopic (exact) mass is 286 g/mol. The van der Waals surface area contributed by atoms with Crippen LogP contribution in [0.5, 0.6) is 0 Å². The number of aromatic amines is 1. The molecule has 0 radical (unpaired) electrons. The topological polar surface area (TPSA) is 82.2 Å². The minimum Gasteiger partial charge on any atom is -0.390 e. The summed E-state index contributed by atoms with van der Waals surface area (Å²) in [5.41, 5.74) is 0.506. The highest BCUT2D eigenvalue weighted by Crippen LogP contribution is 2.28. The van der Waals surface area contributed by atoms with Crippen molar-refractivity contribution in [1.29, 1.82) is 0 Å². The molecular formula is C13H22N2O3S. The highest BCUT2D eigenvalue weighted by atomic mass is 32.2. The lowest BCUT2D eigenvalue weighted by atomic mass is 9.83. The molecule has 0 amide bonds. The average Bonchev–Trinajstić information content (AvgIpc) is 2.86. The third kappa shape index (κ3) is 3.81. The number of H-pyrrole nitrogens is 1. The van der Waals surface area contributed by atoms with Gasteiger partial charge in [0.15, 0.2) is 0 Å². The van der Waals surface area contributed by atoms with Gasteiger partial charge in [0.1, 0.15) is 0 Å². The van der Waals surface area contributed by atoms with Crippen molar-refractivity contribution in [2.24, 2.45) is 11.8 Å². The third-order valence-corrected chi connectivity index (χ3v) is 5.21. The van der Waals surface area contributed by atoms with Gasteiger partial charge in [-0.15, -0.1) is 0 Å². The van der Waals surface area contributed by atoms with Crippen LogP contribution < -0.4 is 4.72 Å². The Morgan fingerprint density at radius 1 is 1.47 bits per heavy atom. The van der Waals surface area contributed by atoms with Gasteiger partial charge in [-0.3, -0.25) is 0 Å². The maximum atomic E-state index is 12.1. The van der Waals surface area contributed by atoms with Crippen LogP contribution in [0, 0.1) is 11.8 Å². The Hall–Kier alpha value is -0.850. The Bertz CT molecular complexity index is 510. The zero-order valence-corrected chi connectivity index (χ0v) is 12.0. The summed E-state index contributed by atoms with van der Waals surface area (Å²) < 4.78 is 26.8. The van der Waals surface area contributed by atoms with Crippen LogP contribution >= 0.6 is 0 Å². The van der Waals surface area contributed by atoms with Crippen molar-refractivity contribution in [1.82, 2.24) is 9.71 Å². The fraction of sp³-hybridized carbons (Fsp3) is 0.692. The zero-order valence-electron chi connectivity index (χ0n) is 11.2. The van der Waals surface area contributed by atoms with E-state index in [-0.39, 0.29) is 11.5 Å². The number of aliphatic hydroxyl groups excluding tert-OH is 1. The second-order valence-electron chi connectivity index (χ2n) is 5.51. The van der Waals surface area contributed by atoms with E-state index in [1.54, 1.807) is 0 Å². The second kappa shape index (κ2) is 6.07. The summed E-state index contributed by atoms with van der Waals surface area (Å²) >= 11 is 0. The van der Waals surface area contributed by atoms with Gasteiger partial charge in [0.25, 0.3) is 0 Å². The van der Waals surface area contributed by atoms with Crippen molar-refractivity contribution in [3.63, 3.8) is 0 Å². The Labute approximate surface area is 114 Å². The lowest BCUT2D eigenvalue weighted by Gasteiger charge is -2.26. The molecule has 1 saturated carbocycles. The van der Waals surface area contributed by atoms with Crippen LogP contribution in [0.1, 0.15) is 38.3 Å². The number of aliphatic hydroxyl groups is 1. The van der Waals surface area contributed by atoms with Crippen LogP contribution in [-0.4, -0.2) is 25.1 Å². The molecule has 0 saturated heterocycles. The average molecular weight is 286 g/mol. The fourth-order valence-corrected chi connectivity index (χ4v) is 3.85. The van der Waals surface area contributed by atoms with Crippen LogP contribution in [0.3, 0.4) is 0 Å². The molecule has 19 heavy (non-hydrogen) atoms. The summed E-state index contributed by atoms with van der Waals surface area (Å²) in [6, 6.07) is 1.46. The highest BCUT2D eigenvalue weighted by molar-refractivity contribution is 7.89. The molecule has 0 bridgehead atoms. The van der Waals surface area contributed by atoms with E-state index >= 15 is 0 Å². The Balaban J connectivity index is 1.93. The summed E-state index contributed by atoms with van der Waals surface area (Å²) in [6.07, 6.45) is 6.05. The van der Waals surface area contributed by atoms with Gasteiger partial charge >= 0.3 is 0 Å². The van der Waals surface area contributed by atoms with E-state index in [2.05, 4.69) is 16.6 Å². The van der Waals surface area contributed by atoms with Gasteiger partial charge in [0, 0.05) is 18.4 Å². The van der Waals surface area contributed by atoms with Gasteiger partial charge in [0.2, 0.25) is 10.0 Å². The first-order valence-electron chi connectivity index (χ1n) is 6.79. The van der Waals surface area contributed by atoms with Gasteiger partial charge < -0.3 is 10.1 Å². The van der Waals surface area contributed by atoms with Gasteiger partial charge in [-0.1, -0.05) is 19.8 Å². The lowest BCUT2D eigenvalue weighted by molar-refractivity contribution is 0.277. The summed E-state index contributed by atoms with van der Waals surface area (Å²) in [5, 5.41) is 8.93. The van der Waals surface area contributed by atoms with Crippen molar-refractivity contribution >= 4 is 10.0 Å².